The number of carbonyl (C=O) groups excluding carboxylic acids is 1. The molecule has 0 fully saturated rings. The monoisotopic (exact) mass is 435 g/mol. The van der Waals surface area contributed by atoms with Crippen LogP contribution in [0.3, 0.4) is 0 Å². The van der Waals surface area contributed by atoms with Crippen molar-refractivity contribution in [1.29, 1.82) is 0 Å². The molecule has 1 heterocycles. The van der Waals surface area contributed by atoms with Gasteiger partial charge in [0.2, 0.25) is 5.91 Å². The number of benzene rings is 2. The molecular formula is C23H21F4NO3. The normalized spacial score (nSPS) is 12.3. The third-order valence-electron chi connectivity index (χ3n) is 4.84. The maximum absolute atomic E-state index is 13.5. The van der Waals surface area contributed by atoms with Crippen LogP contribution in [-0.2, 0) is 11.0 Å². The van der Waals surface area contributed by atoms with E-state index in [0.717, 1.165) is 22.6 Å². The quantitative estimate of drug-likeness (QED) is 0.361. The van der Waals surface area contributed by atoms with Crippen LogP contribution in [0.2, 0.25) is 0 Å². The van der Waals surface area contributed by atoms with Crippen LogP contribution in [0.4, 0.5) is 23.2 Å². The first-order valence-electron chi connectivity index (χ1n) is 9.53. The van der Waals surface area contributed by atoms with Gasteiger partial charge in [0.05, 0.1) is 18.4 Å². The van der Waals surface area contributed by atoms with Gasteiger partial charge in [0.1, 0.15) is 17.1 Å². The van der Waals surface area contributed by atoms with Gasteiger partial charge in [-0.25, -0.2) is 4.39 Å². The summed E-state index contributed by atoms with van der Waals surface area (Å²) < 4.78 is 63.5. The van der Waals surface area contributed by atoms with E-state index in [9.17, 15) is 22.4 Å². The third-order valence-corrected chi connectivity index (χ3v) is 4.84. The number of alkyl halides is 3. The molecule has 0 unspecified atom stereocenters. The molecule has 0 aliphatic rings. The summed E-state index contributed by atoms with van der Waals surface area (Å²) in [4.78, 5) is 12.5. The lowest BCUT2D eigenvalue weighted by molar-refractivity contribution is -0.140. The number of hydrogen-bond acceptors (Lipinski definition) is 3. The lowest BCUT2D eigenvalue weighted by atomic mass is 9.98. The van der Waals surface area contributed by atoms with Crippen molar-refractivity contribution in [2.75, 3.05) is 11.9 Å². The fraction of sp³-hybridized carbons (Fsp3) is 0.261. The molecule has 1 N–H and O–H groups in total. The van der Waals surface area contributed by atoms with E-state index in [0.29, 0.717) is 41.2 Å². The van der Waals surface area contributed by atoms with Crippen LogP contribution in [-0.4, -0.2) is 12.5 Å². The molecule has 3 rings (SSSR count). The molecule has 0 radical (unpaired) electrons. The molecule has 3 aromatic rings. The van der Waals surface area contributed by atoms with Gasteiger partial charge >= 0.3 is 6.18 Å². The van der Waals surface area contributed by atoms with E-state index < -0.39 is 23.5 Å². The van der Waals surface area contributed by atoms with Crippen LogP contribution in [0.1, 0.15) is 36.1 Å². The number of fused-ring (bicyclic) bond motifs is 1. The zero-order chi connectivity index (χ0) is 22.9. The zero-order valence-electron chi connectivity index (χ0n) is 17.4. The van der Waals surface area contributed by atoms with Crippen LogP contribution in [0, 0.1) is 19.7 Å². The Morgan fingerprint density at radius 2 is 1.94 bits per heavy atom. The number of halogens is 4. The fourth-order valence-electron chi connectivity index (χ4n) is 3.33. The second kappa shape index (κ2) is 8.45. The van der Waals surface area contributed by atoms with E-state index in [1.165, 1.54) is 6.08 Å². The Morgan fingerprint density at radius 1 is 1.23 bits per heavy atom. The van der Waals surface area contributed by atoms with Crippen molar-refractivity contribution in [2.24, 2.45) is 0 Å². The van der Waals surface area contributed by atoms with Crippen LogP contribution < -0.4 is 10.1 Å². The lowest BCUT2D eigenvalue weighted by Crippen LogP contribution is -2.12. The van der Waals surface area contributed by atoms with E-state index in [1.54, 1.807) is 13.2 Å². The van der Waals surface area contributed by atoms with Gasteiger partial charge < -0.3 is 14.5 Å². The molecule has 0 saturated heterocycles. The van der Waals surface area contributed by atoms with Gasteiger partial charge in [0.15, 0.2) is 0 Å². The topological polar surface area (TPSA) is 51.5 Å². The van der Waals surface area contributed by atoms with Crippen molar-refractivity contribution in [3.05, 3.63) is 64.7 Å². The molecule has 1 aromatic heterocycles. The Kier molecular flexibility index (Phi) is 6.10. The predicted octanol–water partition coefficient (Wildman–Crippen LogP) is 6.65. The number of amides is 1. The average molecular weight is 435 g/mol. The van der Waals surface area contributed by atoms with Gasteiger partial charge in [0.25, 0.3) is 0 Å². The summed E-state index contributed by atoms with van der Waals surface area (Å²) in [5, 5.41) is 3.22. The number of nitrogens with one attached hydrogen (secondary N) is 1. The number of allylic oxidation sites excluding steroid dienone is 1. The van der Waals surface area contributed by atoms with Crippen LogP contribution in [0.25, 0.3) is 16.5 Å². The van der Waals surface area contributed by atoms with Crippen LogP contribution in [0.5, 0.6) is 5.75 Å². The van der Waals surface area contributed by atoms with Crippen molar-refractivity contribution in [1.82, 2.24) is 0 Å². The van der Waals surface area contributed by atoms with E-state index >= 15 is 0 Å². The first-order valence-corrected chi connectivity index (χ1v) is 9.53. The van der Waals surface area contributed by atoms with Gasteiger partial charge in [-0.2, -0.15) is 13.2 Å². The highest BCUT2D eigenvalue weighted by Gasteiger charge is 2.34. The molecule has 0 aliphatic carbocycles. The van der Waals surface area contributed by atoms with Crippen LogP contribution >= 0.6 is 0 Å². The third kappa shape index (κ3) is 4.57. The summed E-state index contributed by atoms with van der Waals surface area (Å²) in [5.74, 6) is -1.49. The van der Waals surface area contributed by atoms with Gasteiger partial charge in [-0.3, -0.25) is 4.79 Å². The molecular weight excluding hydrogens is 414 g/mol. The number of rotatable bonds is 5. The number of aryl methyl sites for hydroxylation is 2. The Bertz CT molecular complexity index is 1180. The summed E-state index contributed by atoms with van der Waals surface area (Å²) in [5.41, 5.74) is 2.00. The molecule has 2 aromatic carbocycles. The molecule has 8 heteroatoms. The molecule has 0 spiro atoms. The number of anilines is 1. The Morgan fingerprint density at radius 3 is 2.58 bits per heavy atom. The average Bonchev–Trinajstić information content (AvgIpc) is 3.05. The first-order chi connectivity index (χ1) is 14.5. The molecule has 0 bridgehead atoms. The van der Waals surface area contributed by atoms with Crippen LogP contribution in [0.15, 0.2) is 41.0 Å². The van der Waals surface area contributed by atoms with E-state index in [-0.39, 0.29) is 5.69 Å². The molecule has 1 amide bonds. The second-order valence-electron chi connectivity index (χ2n) is 7.12. The predicted molar refractivity (Wildman–Crippen MR) is 111 cm³/mol. The number of ether oxygens (including phenoxy) is 1. The highest BCUT2D eigenvalue weighted by Crippen LogP contribution is 2.38. The van der Waals surface area contributed by atoms with E-state index in [2.05, 4.69) is 5.32 Å². The molecule has 0 aliphatic heterocycles. The smallest absolute Gasteiger partial charge is 0.419 e. The maximum atomic E-state index is 13.5. The summed E-state index contributed by atoms with van der Waals surface area (Å²) in [6.07, 6.45) is -1.97. The van der Waals surface area contributed by atoms with Gasteiger partial charge in [-0.05, 0) is 63.1 Å². The van der Waals surface area contributed by atoms with Gasteiger partial charge in [-0.1, -0.05) is 0 Å². The summed E-state index contributed by atoms with van der Waals surface area (Å²) in [7, 11) is 0. The minimum Gasteiger partial charge on any atom is -0.493 e. The summed E-state index contributed by atoms with van der Waals surface area (Å²) in [6.45, 7) is 7.68. The molecule has 4 nitrogen and oxygen atoms in total. The fourth-order valence-corrected chi connectivity index (χ4v) is 3.33. The minimum absolute atomic E-state index is 0.162. The highest BCUT2D eigenvalue weighted by molar-refractivity contribution is 6.05. The van der Waals surface area contributed by atoms with Crippen molar-refractivity contribution in [3.63, 3.8) is 0 Å². The second-order valence-corrected chi connectivity index (χ2v) is 7.12. The SMILES string of the molecule is CCOc1c(/C(C)=C/C(=O)Nc2ccc(F)c(C(F)(F)F)c2)cc2c(C)coc2c1C. The largest absolute Gasteiger partial charge is 0.493 e. The van der Waals surface area contributed by atoms with Crippen molar-refractivity contribution in [2.45, 2.75) is 33.9 Å². The van der Waals surface area contributed by atoms with Gasteiger partial charge in [0, 0.05) is 28.3 Å². The standard InChI is InChI=1S/C23H21F4NO3/c1-5-30-21-14(4)22-17(13(3)11-31-22)10-16(21)12(2)8-20(29)28-15-6-7-19(24)18(9-15)23(25,26)27/h6-11H,5H2,1-4H3,(H,28,29)/b12-8+. The molecule has 164 valence electrons. The number of carbonyl (C=O) groups is 1. The van der Waals surface area contributed by atoms with Gasteiger partial charge in [-0.15, -0.1) is 0 Å². The minimum atomic E-state index is -4.86. The summed E-state index contributed by atoms with van der Waals surface area (Å²) in [6, 6.07) is 4.15. The summed E-state index contributed by atoms with van der Waals surface area (Å²) >= 11 is 0. The Hall–Kier alpha value is -3.29. The lowest BCUT2D eigenvalue weighted by Gasteiger charge is -2.15. The Balaban J connectivity index is 1.96. The molecule has 0 saturated carbocycles. The highest BCUT2D eigenvalue weighted by atomic mass is 19.4. The molecule has 31 heavy (non-hydrogen) atoms. The first kappa shape index (κ1) is 22.4. The van der Waals surface area contributed by atoms with E-state index in [4.69, 9.17) is 9.15 Å². The zero-order valence-corrected chi connectivity index (χ0v) is 17.4. The van der Waals surface area contributed by atoms with Crippen molar-refractivity contribution < 1.29 is 31.5 Å². The maximum Gasteiger partial charge on any atom is 0.419 e. The number of furan rings is 1. The van der Waals surface area contributed by atoms with E-state index in [1.807, 2.05) is 26.8 Å². The number of hydrogen-bond donors (Lipinski definition) is 1. The molecule has 0 atom stereocenters. The Labute approximate surface area is 176 Å². The van der Waals surface area contributed by atoms with Crippen molar-refractivity contribution in [3.8, 4) is 5.75 Å². The van der Waals surface area contributed by atoms with Crippen molar-refractivity contribution >= 4 is 28.1 Å².